The molecule has 6 nitrogen and oxygen atoms in total. The molecule has 0 aliphatic heterocycles. The summed E-state index contributed by atoms with van der Waals surface area (Å²) < 4.78 is 18.3. The monoisotopic (exact) mass is 304 g/mol. The second-order valence-electron chi connectivity index (χ2n) is 4.56. The first-order valence-electron chi connectivity index (χ1n) is 6.32. The Balaban J connectivity index is 2.31. The average Bonchev–Trinajstić information content (AvgIpc) is 2.48. The van der Waals surface area contributed by atoms with Crippen molar-refractivity contribution in [1.29, 1.82) is 0 Å². The Morgan fingerprint density at radius 2 is 2.00 bits per heavy atom. The van der Waals surface area contributed by atoms with Crippen LogP contribution in [0.3, 0.4) is 0 Å². The second kappa shape index (κ2) is 6.21. The molecule has 114 valence electrons. The molecule has 0 spiro atoms. The molecule has 2 aromatic rings. The topological polar surface area (TPSA) is 81.5 Å². The lowest BCUT2D eigenvalue weighted by Gasteiger charge is -2.10. The van der Waals surface area contributed by atoms with E-state index in [4.69, 9.17) is 4.74 Å². The molecule has 0 bridgehead atoms. The molecule has 0 atom stereocenters. The van der Waals surface area contributed by atoms with Crippen LogP contribution in [0.5, 0.6) is 5.75 Å². The van der Waals surface area contributed by atoms with E-state index >= 15 is 0 Å². The molecular weight excluding hydrogens is 291 g/mol. The summed E-state index contributed by atoms with van der Waals surface area (Å²) in [7, 11) is 1.36. The number of halogens is 1. The molecule has 1 amide bonds. The van der Waals surface area contributed by atoms with E-state index in [2.05, 4.69) is 5.32 Å². The number of nitro groups is 1. The number of methoxy groups -OCH3 is 1. The first-order chi connectivity index (χ1) is 10.4. The maximum atomic E-state index is 13.3. The van der Waals surface area contributed by atoms with Crippen molar-refractivity contribution in [3.63, 3.8) is 0 Å². The van der Waals surface area contributed by atoms with Gasteiger partial charge < -0.3 is 10.1 Å². The number of carbonyl (C=O) groups is 1. The van der Waals surface area contributed by atoms with Gasteiger partial charge in [0.25, 0.3) is 11.6 Å². The molecule has 0 unspecified atom stereocenters. The predicted octanol–water partition coefficient (Wildman–Crippen LogP) is 3.30. The van der Waals surface area contributed by atoms with Gasteiger partial charge in [-0.2, -0.15) is 0 Å². The Kier molecular flexibility index (Phi) is 4.36. The van der Waals surface area contributed by atoms with Crippen molar-refractivity contribution in [2.45, 2.75) is 6.92 Å². The summed E-state index contributed by atoms with van der Waals surface area (Å²) in [5, 5.41) is 13.4. The van der Waals surface area contributed by atoms with E-state index in [1.165, 1.54) is 37.4 Å². The number of rotatable bonds is 4. The number of amides is 1. The maximum absolute atomic E-state index is 13.3. The zero-order chi connectivity index (χ0) is 16.3. The van der Waals surface area contributed by atoms with Crippen molar-refractivity contribution >= 4 is 17.3 Å². The Bertz CT molecular complexity index is 746. The lowest BCUT2D eigenvalue weighted by atomic mass is 10.1. The zero-order valence-electron chi connectivity index (χ0n) is 11.9. The Labute approximate surface area is 125 Å². The van der Waals surface area contributed by atoms with Crippen LogP contribution in [0.25, 0.3) is 0 Å². The first kappa shape index (κ1) is 15.4. The molecule has 1 N–H and O–H groups in total. The van der Waals surface area contributed by atoms with Crippen LogP contribution in [0.1, 0.15) is 15.9 Å². The standard InChI is InChI=1S/C15H13FN2O4/c1-9-3-5-11(8-13(9)18(20)21)17-15(19)12-7-10(16)4-6-14(12)22-2/h3-8H,1-2H3,(H,17,19). The summed E-state index contributed by atoms with van der Waals surface area (Å²) in [5.74, 6) is -0.990. The molecule has 2 rings (SSSR count). The first-order valence-corrected chi connectivity index (χ1v) is 6.32. The highest BCUT2D eigenvalue weighted by Crippen LogP contribution is 2.24. The third-order valence-corrected chi connectivity index (χ3v) is 3.07. The molecule has 22 heavy (non-hydrogen) atoms. The van der Waals surface area contributed by atoms with Gasteiger partial charge >= 0.3 is 0 Å². The zero-order valence-corrected chi connectivity index (χ0v) is 11.9. The number of anilines is 1. The van der Waals surface area contributed by atoms with Crippen LogP contribution < -0.4 is 10.1 Å². The van der Waals surface area contributed by atoms with Crippen LogP contribution in [-0.2, 0) is 0 Å². The minimum atomic E-state index is -0.616. The van der Waals surface area contributed by atoms with Gasteiger partial charge in [0.15, 0.2) is 0 Å². The van der Waals surface area contributed by atoms with Gasteiger partial charge in [0.2, 0.25) is 0 Å². The van der Waals surface area contributed by atoms with E-state index in [-0.39, 0.29) is 22.7 Å². The van der Waals surface area contributed by atoms with Gasteiger partial charge in [0.1, 0.15) is 11.6 Å². The molecule has 0 saturated carbocycles. The third-order valence-electron chi connectivity index (χ3n) is 3.07. The number of ether oxygens (including phenoxy) is 1. The Hall–Kier alpha value is -2.96. The van der Waals surface area contributed by atoms with Crippen molar-refractivity contribution in [3.05, 3.63) is 63.5 Å². The molecule has 0 radical (unpaired) electrons. The highest BCUT2D eigenvalue weighted by atomic mass is 19.1. The van der Waals surface area contributed by atoms with Crippen molar-refractivity contribution in [2.24, 2.45) is 0 Å². The number of carbonyl (C=O) groups excluding carboxylic acids is 1. The van der Waals surface area contributed by atoms with Crippen LogP contribution in [0.2, 0.25) is 0 Å². The molecule has 0 heterocycles. The van der Waals surface area contributed by atoms with E-state index in [1.54, 1.807) is 6.92 Å². The largest absolute Gasteiger partial charge is 0.496 e. The molecule has 0 aliphatic carbocycles. The molecule has 0 aliphatic rings. The average molecular weight is 304 g/mol. The van der Waals surface area contributed by atoms with E-state index < -0.39 is 16.6 Å². The lowest BCUT2D eigenvalue weighted by Crippen LogP contribution is -2.13. The lowest BCUT2D eigenvalue weighted by molar-refractivity contribution is -0.385. The van der Waals surface area contributed by atoms with Gasteiger partial charge in [-0.05, 0) is 31.2 Å². The molecule has 0 saturated heterocycles. The molecule has 0 fully saturated rings. The van der Waals surface area contributed by atoms with Gasteiger partial charge in [-0.1, -0.05) is 6.07 Å². The molecule has 2 aromatic carbocycles. The van der Waals surface area contributed by atoms with E-state index in [1.807, 2.05) is 0 Å². The summed E-state index contributed by atoms with van der Waals surface area (Å²) >= 11 is 0. The van der Waals surface area contributed by atoms with Gasteiger partial charge in [0.05, 0.1) is 17.6 Å². The van der Waals surface area contributed by atoms with Crippen molar-refractivity contribution in [3.8, 4) is 5.75 Å². The van der Waals surface area contributed by atoms with Crippen molar-refractivity contribution < 1.29 is 18.8 Å². The highest BCUT2D eigenvalue weighted by molar-refractivity contribution is 6.06. The number of hydrogen-bond acceptors (Lipinski definition) is 4. The summed E-state index contributed by atoms with van der Waals surface area (Å²) in [5.41, 5.74) is 0.620. The summed E-state index contributed by atoms with van der Waals surface area (Å²) in [6.45, 7) is 1.60. The van der Waals surface area contributed by atoms with Crippen molar-refractivity contribution in [1.82, 2.24) is 0 Å². The number of hydrogen-bond donors (Lipinski definition) is 1. The fourth-order valence-electron chi connectivity index (χ4n) is 1.94. The number of aryl methyl sites for hydroxylation is 1. The third kappa shape index (κ3) is 3.20. The maximum Gasteiger partial charge on any atom is 0.274 e. The smallest absolute Gasteiger partial charge is 0.274 e. The number of nitrogens with one attached hydrogen (secondary N) is 1. The number of benzene rings is 2. The summed E-state index contributed by atoms with van der Waals surface area (Å²) in [4.78, 5) is 22.5. The SMILES string of the molecule is COc1ccc(F)cc1C(=O)Nc1ccc(C)c([N+](=O)[O-])c1. The summed E-state index contributed by atoms with van der Waals surface area (Å²) in [6.07, 6.45) is 0. The number of nitro benzene ring substituents is 1. The normalized spacial score (nSPS) is 10.1. The molecular formula is C15H13FN2O4. The van der Waals surface area contributed by atoms with Crippen LogP contribution in [0.4, 0.5) is 15.8 Å². The van der Waals surface area contributed by atoms with Crippen LogP contribution in [0.15, 0.2) is 36.4 Å². The van der Waals surface area contributed by atoms with E-state index in [9.17, 15) is 19.3 Å². The Morgan fingerprint density at radius 1 is 1.27 bits per heavy atom. The van der Waals surface area contributed by atoms with E-state index in [0.29, 0.717) is 5.56 Å². The van der Waals surface area contributed by atoms with Crippen LogP contribution in [0, 0.1) is 22.9 Å². The summed E-state index contributed by atoms with van der Waals surface area (Å²) in [6, 6.07) is 7.85. The quantitative estimate of drug-likeness (QED) is 0.694. The minimum absolute atomic E-state index is 0.00530. The number of nitrogens with zero attached hydrogens (tertiary/aromatic N) is 1. The predicted molar refractivity (Wildman–Crippen MR) is 78.7 cm³/mol. The molecule has 0 aromatic heterocycles. The molecule has 7 heteroatoms. The van der Waals surface area contributed by atoms with Gasteiger partial charge in [-0.15, -0.1) is 0 Å². The van der Waals surface area contributed by atoms with Gasteiger partial charge in [-0.3, -0.25) is 14.9 Å². The fraction of sp³-hybridized carbons (Fsp3) is 0.133. The van der Waals surface area contributed by atoms with Crippen LogP contribution >= 0.6 is 0 Å². The second-order valence-corrected chi connectivity index (χ2v) is 4.56. The minimum Gasteiger partial charge on any atom is -0.496 e. The van der Waals surface area contributed by atoms with Gasteiger partial charge in [-0.25, -0.2) is 4.39 Å². The van der Waals surface area contributed by atoms with Crippen molar-refractivity contribution in [2.75, 3.05) is 12.4 Å². The van der Waals surface area contributed by atoms with Crippen LogP contribution in [-0.4, -0.2) is 17.9 Å². The van der Waals surface area contributed by atoms with Gasteiger partial charge in [0, 0.05) is 17.3 Å². The fourth-order valence-corrected chi connectivity index (χ4v) is 1.94. The highest BCUT2D eigenvalue weighted by Gasteiger charge is 2.16. The Morgan fingerprint density at radius 3 is 2.64 bits per heavy atom. The van der Waals surface area contributed by atoms with E-state index in [0.717, 1.165) is 6.07 Å².